The second kappa shape index (κ2) is 33.5. The van der Waals surface area contributed by atoms with Crippen molar-refractivity contribution in [1.29, 1.82) is 0 Å². The minimum Gasteiger partial charge on any atom is -0.413 e. The highest BCUT2D eigenvalue weighted by atomic mass is 28.4. The van der Waals surface area contributed by atoms with Crippen molar-refractivity contribution >= 4 is 64.4 Å². The molecule has 12 aliphatic carbocycles. The van der Waals surface area contributed by atoms with E-state index in [1.807, 2.05) is 0 Å². The van der Waals surface area contributed by atoms with Crippen LogP contribution in [-0.2, 0) is 17.7 Å². The summed E-state index contributed by atoms with van der Waals surface area (Å²) < 4.78 is 26.5. The molecule has 0 aliphatic heterocycles. The number of benzene rings is 6. The maximum atomic E-state index is 6.89. The fourth-order valence-corrected chi connectivity index (χ4v) is 30.4. The van der Waals surface area contributed by atoms with Gasteiger partial charge in [-0.1, -0.05) is 283 Å². The zero-order chi connectivity index (χ0) is 69.1. The van der Waals surface area contributed by atoms with Gasteiger partial charge in [-0.05, 0) is 253 Å². The summed E-state index contributed by atoms with van der Waals surface area (Å²) in [5.74, 6) is 15.3. The summed E-state index contributed by atoms with van der Waals surface area (Å²) in [6.07, 6.45) is 45.6. The van der Waals surface area contributed by atoms with Crippen molar-refractivity contribution in [2.75, 3.05) is 26.4 Å². The predicted octanol–water partition coefficient (Wildman–Crippen LogP) is 19.1. The first-order chi connectivity index (χ1) is 48.7. The molecule has 6 saturated carbocycles. The van der Waals surface area contributed by atoms with E-state index in [1.165, 1.54) is 108 Å². The maximum Gasteiger partial charge on any atom is 0.255 e. The van der Waals surface area contributed by atoms with Gasteiger partial charge in [0.25, 0.3) is 16.6 Å². The Balaban J connectivity index is 0.000000111. The van der Waals surface area contributed by atoms with Gasteiger partial charge in [0.2, 0.25) is 16.6 Å². The summed E-state index contributed by atoms with van der Waals surface area (Å²) >= 11 is 0. The molecule has 0 aromatic heterocycles. The third kappa shape index (κ3) is 17.5. The summed E-state index contributed by atoms with van der Waals surface area (Å²) in [6, 6.07) is 67.4. The van der Waals surface area contributed by atoms with E-state index in [0.717, 1.165) is 133 Å². The third-order valence-electron chi connectivity index (χ3n) is 26.4. The first-order valence-electron chi connectivity index (χ1n) is 39.6. The van der Waals surface area contributed by atoms with Crippen LogP contribution in [0.25, 0.3) is 0 Å². The Hall–Kier alpha value is -5.53. The molecule has 8 heteroatoms. The highest BCUT2D eigenvalue weighted by molar-refractivity contribution is 6.97. The minimum absolute atomic E-state index is 0.712. The van der Waals surface area contributed by atoms with Gasteiger partial charge in [0.15, 0.2) is 0 Å². The molecule has 12 aliphatic rings. The number of hydrogen-bond acceptors (Lipinski definition) is 4. The molecule has 19 atom stereocenters. The van der Waals surface area contributed by atoms with Crippen LogP contribution < -0.4 is 31.1 Å². The molecule has 6 fully saturated rings. The summed E-state index contributed by atoms with van der Waals surface area (Å²) in [7, 11) is -7.68. The standard InChI is InChI=1S/C22H26OSi.C21H24OSi.C17H24OSi.C16H22OSi.2C8H12/c1-2-24(21-9-5-3-6-10-21,22-11-7-4-8-12-22)23-17-20-16-18-13-14-19(20)15-18;1-23(20-8-4-2-5-9-20,21-10-6-3-7-11-21)22-16-19-15-17-12-13-18(19)14-17;1-3-19(2,17-7-5-4-6-8-17)18-13-16-12-14-9-10-15(16)11-14;1-18(2,16-6-4-3-5-7-16)17-12-15-11-13-8-9-14(15)10-13;2*1-6-4-7-2-3-8(6)5-7/h3-14,18-20H,2,15-17H2,1H3;2-13,17-19H,14-16H2,1H3;4-10,14-16H,3,11-13H2,1-2H3;3-9,13-15H,10-12H2,1-2H3;2*2-3,6-8H,4-5H2,1H3. The van der Waals surface area contributed by atoms with E-state index in [1.54, 1.807) is 0 Å². The van der Waals surface area contributed by atoms with E-state index in [0.29, 0.717) is 11.8 Å². The largest absolute Gasteiger partial charge is 0.413 e. The molecule has 4 nitrogen and oxygen atoms in total. The molecule has 0 spiro atoms. The third-order valence-corrected chi connectivity index (χ3v) is 40.6. The van der Waals surface area contributed by atoms with Crippen LogP contribution in [0.3, 0.4) is 0 Å². The van der Waals surface area contributed by atoms with Crippen LogP contribution in [0.4, 0.5) is 0 Å². The Kier molecular flexibility index (Phi) is 24.4. The molecule has 0 amide bonds. The van der Waals surface area contributed by atoms with Gasteiger partial charge in [-0.25, -0.2) is 0 Å². The summed E-state index contributed by atoms with van der Waals surface area (Å²) in [4.78, 5) is 0. The van der Waals surface area contributed by atoms with Crippen molar-refractivity contribution in [3.05, 3.63) is 255 Å². The zero-order valence-corrected chi connectivity index (χ0v) is 66.0. The van der Waals surface area contributed by atoms with Gasteiger partial charge in [-0.3, -0.25) is 0 Å². The minimum atomic E-state index is -2.14. The van der Waals surface area contributed by atoms with Crippen LogP contribution in [0.1, 0.15) is 105 Å². The molecule has 6 aromatic carbocycles. The molecular formula is C92H120O4Si4. The molecule has 12 bridgehead atoms. The highest BCUT2D eigenvalue weighted by Crippen LogP contribution is 2.48. The van der Waals surface area contributed by atoms with E-state index in [4.69, 9.17) is 17.7 Å². The van der Waals surface area contributed by atoms with Crippen molar-refractivity contribution in [1.82, 2.24) is 0 Å². The second-order valence-electron chi connectivity index (χ2n) is 33.4. The van der Waals surface area contributed by atoms with Crippen molar-refractivity contribution in [3.63, 3.8) is 0 Å². The molecule has 19 unspecified atom stereocenters. The first kappa shape index (κ1) is 72.8. The predicted molar refractivity (Wildman–Crippen MR) is 432 cm³/mol. The van der Waals surface area contributed by atoms with E-state index in [2.05, 4.69) is 309 Å². The Morgan fingerprint density at radius 2 is 0.550 bits per heavy atom. The maximum absolute atomic E-state index is 6.89. The van der Waals surface area contributed by atoms with Crippen molar-refractivity contribution < 1.29 is 17.7 Å². The molecule has 6 aromatic rings. The Bertz CT molecular complexity index is 3580. The lowest BCUT2D eigenvalue weighted by Crippen LogP contribution is -2.60. The van der Waals surface area contributed by atoms with Gasteiger partial charge in [0, 0.05) is 26.4 Å². The number of hydrogen-bond donors (Lipinski definition) is 0. The fourth-order valence-electron chi connectivity index (χ4n) is 19.8. The molecule has 100 heavy (non-hydrogen) atoms. The van der Waals surface area contributed by atoms with Crippen LogP contribution in [0.2, 0.25) is 38.3 Å². The Morgan fingerprint density at radius 1 is 0.270 bits per heavy atom. The van der Waals surface area contributed by atoms with E-state index < -0.39 is 33.3 Å². The highest BCUT2D eigenvalue weighted by Gasteiger charge is 2.44. The quantitative estimate of drug-likeness (QED) is 0.0564. The lowest BCUT2D eigenvalue weighted by Gasteiger charge is -2.33. The normalized spacial score (nSPS) is 31.6. The summed E-state index contributed by atoms with van der Waals surface area (Å²) in [5.41, 5.74) is 0. The average molecular weight is 1400 g/mol. The van der Waals surface area contributed by atoms with E-state index in [9.17, 15) is 0 Å². The molecular weight excluding hydrogens is 1280 g/mol. The van der Waals surface area contributed by atoms with Crippen LogP contribution in [0.5, 0.6) is 0 Å². The molecule has 18 rings (SSSR count). The van der Waals surface area contributed by atoms with Crippen molar-refractivity contribution in [3.8, 4) is 0 Å². The summed E-state index contributed by atoms with van der Waals surface area (Å²) in [5, 5.41) is 8.38. The molecule has 0 N–H and O–H groups in total. The average Bonchev–Trinajstić information content (AvgIpc) is 1.27. The number of allylic oxidation sites excluding steroid dienone is 12. The van der Waals surface area contributed by atoms with Gasteiger partial charge in [-0.2, -0.15) is 0 Å². The van der Waals surface area contributed by atoms with Crippen LogP contribution in [0.15, 0.2) is 255 Å². The van der Waals surface area contributed by atoms with E-state index in [-0.39, 0.29) is 0 Å². The van der Waals surface area contributed by atoms with Crippen LogP contribution >= 0.6 is 0 Å². The molecule has 0 heterocycles. The first-order valence-corrected chi connectivity index (χ1v) is 49.7. The lowest BCUT2D eigenvalue weighted by atomic mass is 9.95. The molecule has 528 valence electrons. The van der Waals surface area contributed by atoms with Crippen LogP contribution in [-0.4, -0.2) is 59.7 Å². The number of fused-ring (bicyclic) bond motifs is 12. The van der Waals surface area contributed by atoms with Gasteiger partial charge in [0.05, 0.1) is 0 Å². The molecule has 0 saturated heterocycles. The molecule has 0 radical (unpaired) electrons. The van der Waals surface area contributed by atoms with Gasteiger partial charge in [-0.15, -0.1) is 0 Å². The van der Waals surface area contributed by atoms with Crippen LogP contribution in [0, 0.1) is 107 Å². The van der Waals surface area contributed by atoms with Gasteiger partial charge < -0.3 is 17.7 Å². The van der Waals surface area contributed by atoms with E-state index >= 15 is 0 Å². The van der Waals surface area contributed by atoms with Crippen molar-refractivity contribution in [2.45, 2.75) is 143 Å². The SMILES string of the molecule is CC1CC2C=CC1C2.CC1CC2C=CC1C2.CC[Si](C)(OCC1CC2C=CC1C2)c1ccccc1.CC[Si](OCC1CC2C=CC1C2)(c1ccccc1)c1ccccc1.C[Si](C)(OCC1CC2C=CC1C2)c1ccccc1.C[Si](OCC1CC2C=CC1C2)(c1ccccc1)c1ccccc1. The Morgan fingerprint density at radius 3 is 0.820 bits per heavy atom. The number of rotatable bonds is 20. The Labute approximate surface area is 608 Å². The zero-order valence-electron chi connectivity index (χ0n) is 62.0. The second-order valence-corrected chi connectivity index (χ2v) is 48.7. The van der Waals surface area contributed by atoms with Gasteiger partial charge >= 0.3 is 0 Å². The lowest BCUT2D eigenvalue weighted by molar-refractivity contribution is 0.222. The smallest absolute Gasteiger partial charge is 0.255 e. The monoisotopic (exact) mass is 1400 g/mol. The van der Waals surface area contributed by atoms with Crippen molar-refractivity contribution in [2.24, 2.45) is 107 Å². The topological polar surface area (TPSA) is 36.9 Å². The fraction of sp³-hybridized carbons (Fsp3) is 0.478. The van der Waals surface area contributed by atoms with Gasteiger partial charge in [0.1, 0.15) is 0 Å². The summed E-state index contributed by atoms with van der Waals surface area (Å²) in [6.45, 7) is 22.4.